The first-order chi connectivity index (χ1) is 6.50. The highest BCUT2D eigenvalue weighted by atomic mass is 32.2. The third-order valence-electron chi connectivity index (χ3n) is 2.75. The van der Waals surface area contributed by atoms with Crippen LogP contribution in [0.4, 0.5) is 0 Å². The summed E-state index contributed by atoms with van der Waals surface area (Å²) in [6.45, 7) is 4.41. The smallest absolute Gasteiger partial charge is 0.159 e. The van der Waals surface area contributed by atoms with Gasteiger partial charge in [0.2, 0.25) is 0 Å². The highest BCUT2D eigenvalue weighted by Crippen LogP contribution is 2.19. The fourth-order valence-electron chi connectivity index (χ4n) is 1.72. The largest absolute Gasteiger partial charge is 0.380 e. The Balaban J connectivity index is 2.83. The van der Waals surface area contributed by atoms with Crippen LogP contribution in [-0.4, -0.2) is 45.2 Å². The molecule has 0 aromatic heterocycles. The van der Waals surface area contributed by atoms with Crippen LogP contribution in [0.1, 0.15) is 20.3 Å². The minimum atomic E-state index is -3.05. The number of hydrogen-bond donors (Lipinski definition) is 1. The van der Waals surface area contributed by atoms with Gasteiger partial charge in [-0.25, -0.2) is 8.42 Å². The monoisotopic (exact) mass is 221 g/mol. The van der Waals surface area contributed by atoms with Crippen LogP contribution in [0.15, 0.2) is 0 Å². The van der Waals surface area contributed by atoms with Crippen molar-refractivity contribution in [3.8, 4) is 0 Å². The van der Waals surface area contributed by atoms with Crippen molar-refractivity contribution in [1.82, 2.24) is 5.32 Å². The maximum atomic E-state index is 11.9. The van der Waals surface area contributed by atoms with E-state index in [-0.39, 0.29) is 16.5 Å². The Labute approximate surface area is 85.9 Å². The van der Waals surface area contributed by atoms with Crippen LogP contribution in [0.5, 0.6) is 0 Å². The molecule has 0 spiro atoms. The quantitative estimate of drug-likeness (QED) is 0.739. The van der Waals surface area contributed by atoms with Crippen molar-refractivity contribution in [3.63, 3.8) is 0 Å². The van der Waals surface area contributed by atoms with Crippen LogP contribution in [0.25, 0.3) is 0 Å². The zero-order valence-electron chi connectivity index (χ0n) is 8.99. The predicted octanol–water partition coefficient (Wildman–Crippen LogP) is 0.187. The molecule has 5 heteroatoms. The molecule has 84 valence electrons. The lowest BCUT2D eigenvalue weighted by atomic mass is 10.1. The van der Waals surface area contributed by atoms with Crippen molar-refractivity contribution in [2.24, 2.45) is 0 Å². The lowest BCUT2D eigenvalue weighted by Gasteiger charge is -2.32. The number of rotatable bonds is 3. The van der Waals surface area contributed by atoms with Crippen LogP contribution < -0.4 is 5.32 Å². The molecular weight excluding hydrogens is 202 g/mol. The fraction of sp³-hybridized carbons (Fsp3) is 1.00. The molecule has 0 aliphatic carbocycles. The van der Waals surface area contributed by atoms with Crippen LogP contribution in [0, 0.1) is 0 Å². The van der Waals surface area contributed by atoms with E-state index in [2.05, 4.69) is 5.32 Å². The Bertz CT molecular complexity index is 274. The molecule has 2 atom stereocenters. The molecule has 1 aliphatic rings. The second-order valence-corrected chi connectivity index (χ2v) is 6.66. The molecule has 0 amide bonds. The van der Waals surface area contributed by atoms with E-state index >= 15 is 0 Å². The molecule has 0 saturated carbocycles. The van der Waals surface area contributed by atoms with Crippen molar-refractivity contribution < 1.29 is 13.2 Å². The van der Waals surface area contributed by atoms with Gasteiger partial charge in [0.05, 0.1) is 11.9 Å². The summed E-state index contributed by atoms with van der Waals surface area (Å²) >= 11 is 0. The van der Waals surface area contributed by atoms with Crippen molar-refractivity contribution in [2.45, 2.75) is 36.8 Å². The van der Waals surface area contributed by atoms with Crippen molar-refractivity contribution in [3.05, 3.63) is 0 Å². The third kappa shape index (κ3) is 2.27. The van der Waals surface area contributed by atoms with Crippen molar-refractivity contribution in [1.29, 1.82) is 0 Å². The molecule has 0 aromatic carbocycles. The lowest BCUT2D eigenvalue weighted by Crippen LogP contribution is -2.51. The normalized spacial score (nSPS) is 29.4. The minimum Gasteiger partial charge on any atom is -0.380 e. The highest BCUT2D eigenvalue weighted by Gasteiger charge is 2.36. The molecule has 2 unspecified atom stereocenters. The second-order valence-electron chi connectivity index (χ2n) is 3.93. The minimum absolute atomic E-state index is 0.0381. The fourth-order valence-corrected chi connectivity index (χ4v) is 3.43. The maximum Gasteiger partial charge on any atom is 0.159 e. The summed E-state index contributed by atoms with van der Waals surface area (Å²) in [5, 5.41) is 2.34. The summed E-state index contributed by atoms with van der Waals surface area (Å²) in [5.74, 6) is 0. The molecule has 1 rings (SSSR count). The van der Waals surface area contributed by atoms with Crippen LogP contribution in [-0.2, 0) is 14.6 Å². The van der Waals surface area contributed by atoms with Gasteiger partial charge in [0.25, 0.3) is 0 Å². The Morgan fingerprint density at radius 3 is 2.57 bits per heavy atom. The summed E-state index contributed by atoms with van der Waals surface area (Å²) in [5.41, 5.74) is 0. The molecule has 1 fully saturated rings. The van der Waals surface area contributed by atoms with Crippen LogP contribution in [0.3, 0.4) is 0 Å². The number of hydrogen-bond acceptors (Lipinski definition) is 4. The van der Waals surface area contributed by atoms with Gasteiger partial charge in [0.1, 0.15) is 5.25 Å². The summed E-state index contributed by atoms with van der Waals surface area (Å²) in [6, 6.07) is 0.0381. The third-order valence-corrected chi connectivity index (χ3v) is 5.38. The van der Waals surface area contributed by atoms with E-state index in [0.29, 0.717) is 13.2 Å². The van der Waals surface area contributed by atoms with Crippen LogP contribution in [0.2, 0.25) is 0 Å². The Morgan fingerprint density at radius 2 is 2.07 bits per heavy atom. The summed E-state index contributed by atoms with van der Waals surface area (Å²) < 4.78 is 29.1. The number of sulfone groups is 1. The Morgan fingerprint density at radius 1 is 1.43 bits per heavy atom. The molecule has 1 N–H and O–H groups in total. The van der Waals surface area contributed by atoms with E-state index in [1.807, 2.05) is 0 Å². The summed E-state index contributed by atoms with van der Waals surface area (Å²) in [7, 11) is -1.24. The van der Waals surface area contributed by atoms with Gasteiger partial charge in [-0.05, 0) is 27.3 Å². The molecule has 4 nitrogen and oxygen atoms in total. The van der Waals surface area contributed by atoms with E-state index in [1.54, 1.807) is 20.9 Å². The maximum absolute atomic E-state index is 11.9. The SMILES string of the molecule is CNC1CCOCC1S(=O)(=O)C(C)C. The van der Waals surface area contributed by atoms with E-state index in [1.165, 1.54) is 0 Å². The average Bonchev–Trinajstić information content (AvgIpc) is 2.17. The lowest BCUT2D eigenvalue weighted by molar-refractivity contribution is 0.0824. The molecule has 1 saturated heterocycles. The van der Waals surface area contributed by atoms with Gasteiger partial charge in [-0.15, -0.1) is 0 Å². The van der Waals surface area contributed by atoms with Crippen molar-refractivity contribution >= 4 is 9.84 Å². The molecule has 0 aromatic rings. The van der Waals surface area contributed by atoms with Gasteiger partial charge in [-0.3, -0.25) is 0 Å². The summed E-state index contributed by atoms with van der Waals surface area (Å²) in [6.07, 6.45) is 0.771. The van der Waals surface area contributed by atoms with E-state index in [0.717, 1.165) is 6.42 Å². The topological polar surface area (TPSA) is 55.4 Å². The first-order valence-corrected chi connectivity index (χ1v) is 6.58. The zero-order valence-corrected chi connectivity index (χ0v) is 9.80. The van der Waals surface area contributed by atoms with Crippen molar-refractivity contribution in [2.75, 3.05) is 20.3 Å². The summed E-state index contributed by atoms with van der Waals surface area (Å²) in [4.78, 5) is 0. The molecular formula is C9H19NO3S. The molecule has 1 aliphatic heterocycles. The standard InChI is InChI=1S/C9H19NO3S/c1-7(2)14(11,12)9-6-13-5-4-8(9)10-3/h7-10H,4-6H2,1-3H3. The molecule has 0 radical (unpaired) electrons. The van der Waals surface area contributed by atoms with E-state index in [4.69, 9.17) is 4.74 Å². The van der Waals surface area contributed by atoms with Gasteiger partial charge < -0.3 is 10.1 Å². The van der Waals surface area contributed by atoms with Gasteiger partial charge in [0, 0.05) is 12.6 Å². The van der Waals surface area contributed by atoms with Gasteiger partial charge in [-0.1, -0.05) is 0 Å². The van der Waals surface area contributed by atoms with E-state index in [9.17, 15) is 8.42 Å². The average molecular weight is 221 g/mol. The molecule has 0 bridgehead atoms. The second kappa shape index (κ2) is 4.59. The highest BCUT2D eigenvalue weighted by molar-refractivity contribution is 7.92. The molecule has 1 heterocycles. The molecule has 14 heavy (non-hydrogen) atoms. The van der Waals surface area contributed by atoms with Gasteiger partial charge in [-0.2, -0.15) is 0 Å². The first-order valence-electron chi connectivity index (χ1n) is 4.98. The zero-order chi connectivity index (χ0) is 10.8. The Kier molecular flexibility index (Phi) is 3.92. The van der Waals surface area contributed by atoms with E-state index < -0.39 is 9.84 Å². The predicted molar refractivity (Wildman–Crippen MR) is 56.1 cm³/mol. The Hall–Kier alpha value is -0.130. The number of ether oxygens (including phenoxy) is 1. The van der Waals surface area contributed by atoms with Gasteiger partial charge >= 0.3 is 0 Å². The first kappa shape index (κ1) is 11.9. The van der Waals surface area contributed by atoms with Gasteiger partial charge in [0.15, 0.2) is 9.84 Å². The number of nitrogens with one attached hydrogen (secondary N) is 1. The van der Waals surface area contributed by atoms with Crippen LogP contribution >= 0.6 is 0 Å².